The highest BCUT2D eigenvalue weighted by molar-refractivity contribution is 5.85. The molecular formula is C16H18ClNO. The molecule has 0 spiro atoms. The van der Waals surface area contributed by atoms with Crippen LogP contribution in [-0.2, 0) is 4.79 Å². The van der Waals surface area contributed by atoms with E-state index in [2.05, 4.69) is 24.3 Å². The van der Waals surface area contributed by atoms with Crippen molar-refractivity contribution in [3.8, 4) is 0 Å². The van der Waals surface area contributed by atoms with Gasteiger partial charge in [0.1, 0.15) is 0 Å². The van der Waals surface area contributed by atoms with Crippen LogP contribution < -0.4 is 5.73 Å². The van der Waals surface area contributed by atoms with E-state index >= 15 is 0 Å². The molecule has 2 nitrogen and oxygen atoms in total. The maximum atomic E-state index is 11.0. The molecule has 100 valence electrons. The third kappa shape index (κ3) is 4.42. The summed E-state index contributed by atoms with van der Waals surface area (Å²) in [6.45, 7) is 0. The van der Waals surface area contributed by atoms with Crippen molar-refractivity contribution < 1.29 is 4.79 Å². The second-order valence-electron chi connectivity index (χ2n) is 4.38. The van der Waals surface area contributed by atoms with Crippen LogP contribution in [0, 0.1) is 0 Å². The maximum absolute atomic E-state index is 11.0. The fourth-order valence-corrected chi connectivity index (χ4v) is 2.18. The van der Waals surface area contributed by atoms with E-state index in [0.717, 1.165) is 6.42 Å². The molecular weight excluding hydrogens is 258 g/mol. The van der Waals surface area contributed by atoms with Gasteiger partial charge in [-0.2, -0.15) is 0 Å². The topological polar surface area (TPSA) is 43.1 Å². The summed E-state index contributed by atoms with van der Waals surface area (Å²) in [5, 5.41) is 0. The van der Waals surface area contributed by atoms with Gasteiger partial charge in [-0.1, -0.05) is 60.7 Å². The number of rotatable bonds is 5. The maximum Gasteiger partial charge on any atom is 0.217 e. The van der Waals surface area contributed by atoms with Gasteiger partial charge in [-0.3, -0.25) is 4.79 Å². The molecule has 0 fully saturated rings. The molecule has 0 heterocycles. The average molecular weight is 276 g/mol. The van der Waals surface area contributed by atoms with Crippen molar-refractivity contribution in [2.24, 2.45) is 5.73 Å². The Morgan fingerprint density at radius 3 is 1.68 bits per heavy atom. The Balaban J connectivity index is 0.00000180. The Hall–Kier alpha value is -1.80. The normalized spacial score (nSPS) is 9.95. The minimum atomic E-state index is -0.244. The van der Waals surface area contributed by atoms with Gasteiger partial charge in [0.2, 0.25) is 5.91 Å². The molecule has 1 amide bonds. The molecule has 19 heavy (non-hydrogen) atoms. The van der Waals surface area contributed by atoms with Crippen LogP contribution in [-0.4, -0.2) is 5.91 Å². The number of nitrogens with two attached hydrogens (primary N) is 1. The summed E-state index contributed by atoms with van der Waals surface area (Å²) in [5.41, 5.74) is 7.71. The first-order chi connectivity index (χ1) is 8.77. The zero-order valence-corrected chi connectivity index (χ0v) is 11.5. The SMILES string of the molecule is Cl.NC(=O)CCC(c1ccccc1)c1ccccc1. The zero-order chi connectivity index (χ0) is 12.8. The van der Waals surface area contributed by atoms with Crippen molar-refractivity contribution >= 4 is 18.3 Å². The van der Waals surface area contributed by atoms with E-state index in [1.54, 1.807) is 0 Å². The van der Waals surface area contributed by atoms with E-state index in [9.17, 15) is 4.79 Å². The minimum absolute atomic E-state index is 0. The Morgan fingerprint density at radius 1 is 0.895 bits per heavy atom. The number of halogens is 1. The Kier molecular flexibility index (Phi) is 6.10. The first kappa shape index (κ1) is 15.3. The molecule has 3 heteroatoms. The summed E-state index contributed by atoms with van der Waals surface area (Å²) in [6, 6.07) is 20.5. The molecule has 2 aromatic carbocycles. The third-order valence-corrected chi connectivity index (χ3v) is 3.08. The molecule has 0 radical (unpaired) electrons. The molecule has 0 unspecified atom stereocenters. The van der Waals surface area contributed by atoms with E-state index in [1.807, 2.05) is 36.4 Å². The lowest BCUT2D eigenvalue weighted by Crippen LogP contribution is -2.12. The number of carbonyl (C=O) groups is 1. The molecule has 2 aromatic rings. The molecule has 0 bridgehead atoms. The van der Waals surface area contributed by atoms with Gasteiger partial charge in [0, 0.05) is 12.3 Å². The van der Waals surface area contributed by atoms with Crippen LogP contribution in [0.4, 0.5) is 0 Å². The highest BCUT2D eigenvalue weighted by Gasteiger charge is 2.14. The van der Waals surface area contributed by atoms with Crippen LogP contribution >= 0.6 is 12.4 Å². The van der Waals surface area contributed by atoms with Crippen LogP contribution in [0.25, 0.3) is 0 Å². The van der Waals surface area contributed by atoms with E-state index < -0.39 is 0 Å². The van der Waals surface area contributed by atoms with Crippen LogP contribution in [0.2, 0.25) is 0 Å². The summed E-state index contributed by atoms with van der Waals surface area (Å²) < 4.78 is 0. The number of amides is 1. The molecule has 0 aromatic heterocycles. The van der Waals surface area contributed by atoms with E-state index in [0.29, 0.717) is 6.42 Å². The van der Waals surface area contributed by atoms with Crippen molar-refractivity contribution in [1.29, 1.82) is 0 Å². The predicted molar refractivity (Wildman–Crippen MR) is 80.4 cm³/mol. The number of benzene rings is 2. The summed E-state index contributed by atoms with van der Waals surface area (Å²) in [7, 11) is 0. The summed E-state index contributed by atoms with van der Waals surface area (Å²) in [5.74, 6) is -0.00763. The lowest BCUT2D eigenvalue weighted by atomic mass is 9.87. The van der Waals surface area contributed by atoms with Gasteiger partial charge in [-0.05, 0) is 17.5 Å². The van der Waals surface area contributed by atoms with Gasteiger partial charge < -0.3 is 5.73 Å². The number of hydrogen-bond donors (Lipinski definition) is 1. The smallest absolute Gasteiger partial charge is 0.217 e. The second-order valence-corrected chi connectivity index (χ2v) is 4.38. The van der Waals surface area contributed by atoms with Crippen LogP contribution in [0.1, 0.15) is 29.9 Å². The predicted octanol–water partition coefficient (Wildman–Crippen LogP) is 3.51. The van der Waals surface area contributed by atoms with Gasteiger partial charge in [-0.25, -0.2) is 0 Å². The van der Waals surface area contributed by atoms with Crippen molar-refractivity contribution in [3.05, 3.63) is 71.8 Å². The van der Waals surface area contributed by atoms with E-state index in [-0.39, 0.29) is 24.2 Å². The second kappa shape index (κ2) is 7.59. The number of primary amides is 1. The van der Waals surface area contributed by atoms with Crippen molar-refractivity contribution in [2.45, 2.75) is 18.8 Å². The molecule has 0 saturated carbocycles. The fraction of sp³-hybridized carbons (Fsp3) is 0.188. The van der Waals surface area contributed by atoms with Gasteiger partial charge in [0.05, 0.1) is 0 Å². The highest BCUT2D eigenvalue weighted by Crippen LogP contribution is 2.28. The van der Waals surface area contributed by atoms with Gasteiger partial charge >= 0.3 is 0 Å². The third-order valence-electron chi connectivity index (χ3n) is 3.08. The van der Waals surface area contributed by atoms with Gasteiger partial charge in [0.25, 0.3) is 0 Å². The first-order valence-corrected chi connectivity index (χ1v) is 6.15. The largest absolute Gasteiger partial charge is 0.370 e. The molecule has 0 atom stereocenters. The molecule has 0 aliphatic heterocycles. The lowest BCUT2D eigenvalue weighted by Gasteiger charge is -2.17. The summed E-state index contributed by atoms with van der Waals surface area (Å²) >= 11 is 0. The first-order valence-electron chi connectivity index (χ1n) is 6.15. The van der Waals surface area contributed by atoms with Gasteiger partial charge in [0.15, 0.2) is 0 Å². The molecule has 0 aliphatic rings. The van der Waals surface area contributed by atoms with Crippen LogP contribution in [0.15, 0.2) is 60.7 Å². The van der Waals surface area contributed by atoms with E-state index in [1.165, 1.54) is 11.1 Å². The number of carbonyl (C=O) groups excluding carboxylic acids is 1. The molecule has 2 N–H and O–H groups in total. The zero-order valence-electron chi connectivity index (χ0n) is 10.7. The fourth-order valence-electron chi connectivity index (χ4n) is 2.18. The quantitative estimate of drug-likeness (QED) is 0.892. The van der Waals surface area contributed by atoms with Crippen molar-refractivity contribution in [1.82, 2.24) is 0 Å². The molecule has 0 saturated heterocycles. The highest BCUT2D eigenvalue weighted by atomic mass is 35.5. The lowest BCUT2D eigenvalue weighted by molar-refractivity contribution is -0.118. The Morgan fingerprint density at radius 2 is 1.32 bits per heavy atom. The summed E-state index contributed by atoms with van der Waals surface area (Å²) in [6.07, 6.45) is 1.16. The number of hydrogen-bond acceptors (Lipinski definition) is 1. The monoisotopic (exact) mass is 275 g/mol. The van der Waals surface area contributed by atoms with Crippen LogP contribution in [0.5, 0.6) is 0 Å². The van der Waals surface area contributed by atoms with Gasteiger partial charge in [-0.15, -0.1) is 12.4 Å². The molecule has 2 rings (SSSR count). The Labute approximate surface area is 120 Å². The van der Waals surface area contributed by atoms with Crippen LogP contribution in [0.3, 0.4) is 0 Å². The van der Waals surface area contributed by atoms with Crippen molar-refractivity contribution in [2.75, 3.05) is 0 Å². The molecule has 0 aliphatic carbocycles. The minimum Gasteiger partial charge on any atom is -0.370 e. The standard InChI is InChI=1S/C16H17NO.ClH/c17-16(18)12-11-15(13-7-3-1-4-8-13)14-9-5-2-6-10-14;/h1-10,15H,11-12H2,(H2,17,18);1H. The Bertz CT molecular complexity index is 459. The van der Waals surface area contributed by atoms with Crippen molar-refractivity contribution in [3.63, 3.8) is 0 Å². The summed E-state index contributed by atoms with van der Waals surface area (Å²) in [4.78, 5) is 11.0. The average Bonchev–Trinajstić information content (AvgIpc) is 2.41. The van der Waals surface area contributed by atoms with E-state index in [4.69, 9.17) is 5.73 Å².